The van der Waals surface area contributed by atoms with Crippen molar-refractivity contribution in [3.8, 4) is 0 Å². The number of likely N-dealkylation sites (tertiary alicyclic amines) is 1. The Morgan fingerprint density at radius 2 is 1.79 bits per heavy atom. The van der Waals surface area contributed by atoms with Crippen LogP contribution in [0.5, 0.6) is 0 Å². The first kappa shape index (κ1) is 16.8. The predicted octanol–water partition coefficient (Wildman–Crippen LogP) is 4.08. The molecule has 1 aliphatic carbocycles. The molecule has 130 valence electrons. The molecule has 1 aromatic rings. The summed E-state index contributed by atoms with van der Waals surface area (Å²) in [5.74, 6) is -0.123. The van der Waals surface area contributed by atoms with Crippen molar-refractivity contribution in [3.63, 3.8) is 0 Å². The van der Waals surface area contributed by atoms with Crippen molar-refractivity contribution < 1.29 is 9.59 Å². The van der Waals surface area contributed by atoms with Gasteiger partial charge in [-0.3, -0.25) is 4.79 Å². The van der Waals surface area contributed by atoms with Gasteiger partial charge in [0.05, 0.1) is 0 Å². The number of carbonyl (C=O) groups excluding carboxylic acids is 2. The van der Waals surface area contributed by atoms with Crippen molar-refractivity contribution in [2.45, 2.75) is 53.0 Å². The van der Waals surface area contributed by atoms with E-state index in [9.17, 15) is 9.59 Å². The van der Waals surface area contributed by atoms with E-state index >= 15 is 0 Å². The fraction of sp³-hybridized carbons (Fsp3) is 0.579. The molecule has 2 fully saturated rings. The molecule has 3 rings (SSSR count). The lowest BCUT2D eigenvalue weighted by molar-refractivity contribution is -0.114. The van der Waals surface area contributed by atoms with Crippen molar-refractivity contribution in [3.05, 3.63) is 24.3 Å². The summed E-state index contributed by atoms with van der Waals surface area (Å²) in [5.41, 5.74) is 1.91. The van der Waals surface area contributed by atoms with Gasteiger partial charge in [-0.1, -0.05) is 26.8 Å². The van der Waals surface area contributed by atoms with Crippen molar-refractivity contribution >= 4 is 23.3 Å². The molecular formula is C19H27N3O2. The Kier molecular flexibility index (Phi) is 4.06. The molecule has 1 saturated heterocycles. The number of carbonyl (C=O) groups is 2. The van der Waals surface area contributed by atoms with Crippen molar-refractivity contribution in [2.24, 2.45) is 10.8 Å². The molecule has 1 aliphatic heterocycles. The summed E-state index contributed by atoms with van der Waals surface area (Å²) < 4.78 is 0. The first-order valence-electron chi connectivity index (χ1n) is 8.61. The Hall–Kier alpha value is -2.04. The molecule has 1 saturated carbocycles. The van der Waals surface area contributed by atoms with Crippen LogP contribution in [0.25, 0.3) is 0 Å². The molecule has 0 spiro atoms. The number of amides is 3. The summed E-state index contributed by atoms with van der Waals surface area (Å²) in [4.78, 5) is 25.9. The first-order valence-corrected chi connectivity index (χ1v) is 8.61. The highest BCUT2D eigenvalue weighted by atomic mass is 16.2. The molecule has 1 aromatic carbocycles. The van der Waals surface area contributed by atoms with Crippen molar-refractivity contribution in [1.29, 1.82) is 0 Å². The Morgan fingerprint density at radius 1 is 1.12 bits per heavy atom. The summed E-state index contributed by atoms with van der Waals surface area (Å²) in [5, 5.41) is 5.73. The quantitative estimate of drug-likeness (QED) is 0.859. The molecular weight excluding hydrogens is 302 g/mol. The SMILES string of the molecule is CC(=O)Nc1cccc(NC(=O)N2CC3(C)CC2CC(C)(C)C3)c1. The molecule has 2 aliphatic rings. The number of anilines is 2. The molecule has 0 aromatic heterocycles. The fourth-order valence-electron chi connectivity index (χ4n) is 4.77. The molecule has 1 heterocycles. The van der Waals surface area contributed by atoms with Gasteiger partial charge in [-0.15, -0.1) is 0 Å². The largest absolute Gasteiger partial charge is 0.326 e. The monoisotopic (exact) mass is 329 g/mol. The normalized spacial score (nSPS) is 27.7. The van der Waals surface area contributed by atoms with Crippen LogP contribution in [0.15, 0.2) is 24.3 Å². The highest BCUT2D eigenvalue weighted by Gasteiger charge is 2.50. The first-order chi connectivity index (χ1) is 11.2. The predicted molar refractivity (Wildman–Crippen MR) is 96.0 cm³/mol. The van der Waals surface area contributed by atoms with Crippen LogP contribution in [0.2, 0.25) is 0 Å². The number of hydrogen-bond acceptors (Lipinski definition) is 2. The molecule has 2 unspecified atom stereocenters. The fourth-order valence-corrected chi connectivity index (χ4v) is 4.77. The Balaban J connectivity index is 1.71. The second-order valence-corrected chi connectivity index (χ2v) is 8.53. The minimum atomic E-state index is -0.123. The van der Waals surface area contributed by atoms with E-state index in [0.29, 0.717) is 17.4 Å². The highest BCUT2D eigenvalue weighted by molar-refractivity contribution is 5.92. The van der Waals surface area contributed by atoms with E-state index in [4.69, 9.17) is 0 Å². The molecule has 5 nitrogen and oxygen atoms in total. The topological polar surface area (TPSA) is 61.4 Å². The maximum atomic E-state index is 12.8. The van der Waals surface area contributed by atoms with Gasteiger partial charge in [0.1, 0.15) is 0 Å². The maximum Gasteiger partial charge on any atom is 0.322 e. The summed E-state index contributed by atoms with van der Waals surface area (Å²) in [6.07, 6.45) is 3.32. The van der Waals surface area contributed by atoms with E-state index in [0.717, 1.165) is 25.8 Å². The number of fused-ring (bicyclic) bond motifs is 2. The molecule has 2 N–H and O–H groups in total. The zero-order valence-electron chi connectivity index (χ0n) is 15.0. The van der Waals surface area contributed by atoms with Gasteiger partial charge in [0, 0.05) is 30.9 Å². The van der Waals surface area contributed by atoms with Crippen LogP contribution < -0.4 is 10.6 Å². The Bertz CT molecular complexity index is 670. The summed E-state index contributed by atoms with van der Waals surface area (Å²) >= 11 is 0. The van der Waals surface area contributed by atoms with Crippen LogP contribution in [0, 0.1) is 10.8 Å². The van der Waals surface area contributed by atoms with E-state index in [1.165, 1.54) is 6.92 Å². The van der Waals surface area contributed by atoms with E-state index in [1.54, 1.807) is 6.07 Å². The third kappa shape index (κ3) is 3.55. The minimum absolute atomic E-state index is 0.0404. The molecule has 2 atom stereocenters. The molecule has 0 radical (unpaired) electrons. The number of hydrogen-bond donors (Lipinski definition) is 2. The second-order valence-electron chi connectivity index (χ2n) is 8.53. The van der Waals surface area contributed by atoms with Crippen molar-refractivity contribution in [1.82, 2.24) is 4.90 Å². The highest BCUT2D eigenvalue weighted by Crippen LogP contribution is 2.52. The van der Waals surface area contributed by atoms with Gasteiger partial charge in [0.25, 0.3) is 0 Å². The number of urea groups is 1. The van der Waals surface area contributed by atoms with E-state index < -0.39 is 0 Å². The van der Waals surface area contributed by atoms with Gasteiger partial charge in [0.2, 0.25) is 5.91 Å². The lowest BCUT2D eigenvalue weighted by Gasteiger charge is -2.39. The van der Waals surface area contributed by atoms with E-state index in [1.807, 2.05) is 23.1 Å². The van der Waals surface area contributed by atoms with Crippen LogP contribution in [0.4, 0.5) is 16.2 Å². The minimum Gasteiger partial charge on any atom is -0.326 e. The van der Waals surface area contributed by atoms with Gasteiger partial charge in [-0.05, 0) is 48.3 Å². The average molecular weight is 329 g/mol. The van der Waals surface area contributed by atoms with Crippen LogP contribution in [0.3, 0.4) is 0 Å². The maximum absolute atomic E-state index is 12.8. The number of benzene rings is 1. The van der Waals surface area contributed by atoms with Crippen LogP contribution in [0.1, 0.15) is 47.0 Å². The van der Waals surface area contributed by atoms with Crippen LogP contribution in [-0.2, 0) is 4.79 Å². The number of nitrogens with one attached hydrogen (secondary N) is 2. The molecule has 5 heteroatoms. The zero-order chi connectivity index (χ0) is 17.5. The smallest absolute Gasteiger partial charge is 0.322 e. The lowest BCUT2D eigenvalue weighted by atomic mass is 9.65. The van der Waals surface area contributed by atoms with Gasteiger partial charge in [-0.25, -0.2) is 4.79 Å². The molecule has 3 amide bonds. The number of rotatable bonds is 2. The molecule has 24 heavy (non-hydrogen) atoms. The van der Waals surface area contributed by atoms with E-state index in [-0.39, 0.29) is 22.8 Å². The van der Waals surface area contributed by atoms with Crippen LogP contribution >= 0.6 is 0 Å². The Labute approximate surface area is 143 Å². The summed E-state index contributed by atoms with van der Waals surface area (Å²) in [6, 6.07) is 7.54. The molecule has 2 bridgehead atoms. The third-order valence-corrected chi connectivity index (χ3v) is 5.11. The zero-order valence-corrected chi connectivity index (χ0v) is 15.0. The van der Waals surface area contributed by atoms with Gasteiger partial charge in [0.15, 0.2) is 0 Å². The third-order valence-electron chi connectivity index (χ3n) is 5.11. The number of nitrogens with zero attached hydrogens (tertiary/aromatic N) is 1. The second kappa shape index (κ2) is 5.80. The van der Waals surface area contributed by atoms with Gasteiger partial charge < -0.3 is 15.5 Å². The van der Waals surface area contributed by atoms with Gasteiger partial charge >= 0.3 is 6.03 Å². The van der Waals surface area contributed by atoms with Crippen molar-refractivity contribution in [2.75, 3.05) is 17.2 Å². The summed E-state index contributed by atoms with van der Waals surface area (Å²) in [7, 11) is 0. The lowest BCUT2D eigenvalue weighted by Crippen LogP contribution is -2.40. The van der Waals surface area contributed by atoms with Crippen LogP contribution in [-0.4, -0.2) is 29.4 Å². The summed E-state index contributed by atoms with van der Waals surface area (Å²) in [6.45, 7) is 9.19. The Morgan fingerprint density at radius 3 is 2.46 bits per heavy atom. The van der Waals surface area contributed by atoms with Gasteiger partial charge in [-0.2, -0.15) is 0 Å². The van der Waals surface area contributed by atoms with E-state index in [2.05, 4.69) is 31.4 Å². The average Bonchev–Trinajstić information content (AvgIpc) is 2.67. The standard InChI is InChI=1S/C19H27N3O2/c1-13(23)20-14-6-5-7-15(8-14)21-17(24)22-12-19(4)10-16(22)9-18(2,3)11-19/h5-8,16H,9-12H2,1-4H3,(H,20,23)(H,21,24).